The first kappa shape index (κ1) is 29.1. The summed E-state index contributed by atoms with van der Waals surface area (Å²) in [6, 6.07) is 11.6. The van der Waals surface area contributed by atoms with E-state index in [0.29, 0.717) is 17.0 Å². The molecule has 0 aromatic heterocycles. The third kappa shape index (κ3) is 8.51. The lowest BCUT2D eigenvalue weighted by molar-refractivity contribution is -0.140. The van der Waals surface area contributed by atoms with Gasteiger partial charge in [-0.05, 0) is 68.7 Å². The summed E-state index contributed by atoms with van der Waals surface area (Å²) in [4.78, 5) is 27.5. The van der Waals surface area contributed by atoms with Gasteiger partial charge < -0.3 is 15.0 Å². The van der Waals surface area contributed by atoms with E-state index >= 15 is 0 Å². The molecule has 0 bridgehead atoms. The fourth-order valence-electron chi connectivity index (χ4n) is 3.59. The van der Waals surface area contributed by atoms with Crippen molar-refractivity contribution < 1.29 is 27.1 Å². The third-order valence-electron chi connectivity index (χ3n) is 5.95. The van der Waals surface area contributed by atoms with E-state index in [9.17, 15) is 22.4 Å². The second kappa shape index (κ2) is 13.2. The van der Waals surface area contributed by atoms with E-state index < -0.39 is 21.9 Å². The minimum Gasteiger partial charge on any atom is -0.497 e. The minimum atomic E-state index is -3.59. The predicted octanol–water partition coefficient (Wildman–Crippen LogP) is 3.71. The maximum atomic E-state index is 13.4. The number of hydrogen-bond acceptors (Lipinski definition) is 5. The van der Waals surface area contributed by atoms with Crippen LogP contribution in [-0.4, -0.2) is 57.1 Å². The van der Waals surface area contributed by atoms with Gasteiger partial charge in [0.25, 0.3) is 0 Å². The average molecular weight is 522 g/mol. The molecular weight excluding hydrogens is 485 g/mol. The number of anilines is 1. The van der Waals surface area contributed by atoms with Crippen LogP contribution in [0.5, 0.6) is 5.75 Å². The van der Waals surface area contributed by atoms with Crippen molar-refractivity contribution in [2.45, 2.75) is 58.7 Å². The molecule has 0 aliphatic heterocycles. The summed E-state index contributed by atoms with van der Waals surface area (Å²) in [7, 11) is -2.06. The lowest BCUT2D eigenvalue weighted by atomic mass is 10.1. The number of carbonyl (C=O) groups is 2. The molecule has 0 heterocycles. The van der Waals surface area contributed by atoms with Crippen LogP contribution < -0.4 is 14.4 Å². The van der Waals surface area contributed by atoms with Crippen LogP contribution in [0.4, 0.5) is 10.1 Å². The van der Waals surface area contributed by atoms with Crippen LogP contribution in [0.25, 0.3) is 0 Å². The number of rotatable bonds is 13. The first-order chi connectivity index (χ1) is 17.0. The fourth-order valence-corrected chi connectivity index (χ4v) is 4.55. The summed E-state index contributed by atoms with van der Waals surface area (Å²) in [5, 5.41) is 2.89. The lowest BCUT2D eigenvalue weighted by Gasteiger charge is -2.30. The normalized spacial score (nSPS) is 12.9. The molecule has 0 aliphatic carbocycles. The fraction of sp³-hybridized carbons (Fsp3) is 0.462. The highest BCUT2D eigenvalue weighted by Crippen LogP contribution is 2.22. The highest BCUT2D eigenvalue weighted by atomic mass is 32.2. The molecule has 2 atom stereocenters. The van der Waals surface area contributed by atoms with Gasteiger partial charge in [0.05, 0.1) is 19.1 Å². The Labute approximate surface area is 213 Å². The molecule has 0 spiro atoms. The summed E-state index contributed by atoms with van der Waals surface area (Å²) in [5.41, 5.74) is 1.15. The molecule has 8 nitrogen and oxygen atoms in total. The van der Waals surface area contributed by atoms with Crippen molar-refractivity contribution in [2.24, 2.45) is 0 Å². The summed E-state index contributed by atoms with van der Waals surface area (Å²) >= 11 is 0. The van der Waals surface area contributed by atoms with Crippen LogP contribution >= 0.6 is 0 Å². The van der Waals surface area contributed by atoms with Gasteiger partial charge >= 0.3 is 0 Å². The van der Waals surface area contributed by atoms with Gasteiger partial charge in [0, 0.05) is 25.6 Å². The second-order valence-corrected chi connectivity index (χ2v) is 10.7. The Morgan fingerprint density at radius 2 is 1.67 bits per heavy atom. The molecule has 0 radical (unpaired) electrons. The van der Waals surface area contributed by atoms with E-state index in [-0.39, 0.29) is 43.8 Å². The van der Waals surface area contributed by atoms with Crippen LogP contribution in [-0.2, 0) is 26.2 Å². The Kier molecular flexibility index (Phi) is 10.7. The zero-order chi connectivity index (χ0) is 26.9. The van der Waals surface area contributed by atoms with Gasteiger partial charge in [-0.15, -0.1) is 0 Å². The van der Waals surface area contributed by atoms with Crippen molar-refractivity contribution in [2.75, 3.05) is 24.2 Å². The zero-order valence-corrected chi connectivity index (χ0v) is 22.3. The Bertz CT molecular complexity index is 1110. The Morgan fingerprint density at radius 3 is 2.19 bits per heavy atom. The first-order valence-electron chi connectivity index (χ1n) is 11.9. The molecule has 198 valence electrons. The van der Waals surface area contributed by atoms with Crippen molar-refractivity contribution in [1.82, 2.24) is 10.2 Å². The third-order valence-corrected chi connectivity index (χ3v) is 7.14. The molecular formula is C26H36FN3O5S. The van der Waals surface area contributed by atoms with Gasteiger partial charge in [-0.1, -0.05) is 19.1 Å². The molecule has 2 unspecified atom stereocenters. The molecule has 36 heavy (non-hydrogen) atoms. The Morgan fingerprint density at radius 1 is 1.06 bits per heavy atom. The minimum absolute atomic E-state index is 0.0321. The number of ether oxygens (including phenoxy) is 1. The predicted molar refractivity (Wildman–Crippen MR) is 139 cm³/mol. The lowest BCUT2D eigenvalue weighted by Crippen LogP contribution is -2.49. The molecule has 10 heteroatoms. The molecule has 2 amide bonds. The van der Waals surface area contributed by atoms with Crippen LogP contribution in [0.3, 0.4) is 0 Å². The molecule has 0 fully saturated rings. The summed E-state index contributed by atoms with van der Waals surface area (Å²) in [6.07, 6.45) is 2.14. The number of halogens is 1. The quantitative estimate of drug-likeness (QED) is 0.434. The number of benzene rings is 2. The monoisotopic (exact) mass is 521 g/mol. The van der Waals surface area contributed by atoms with E-state index in [1.54, 1.807) is 43.3 Å². The first-order valence-corrected chi connectivity index (χ1v) is 13.8. The van der Waals surface area contributed by atoms with Crippen molar-refractivity contribution in [3.8, 4) is 5.75 Å². The molecule has 0 saturated carbocycles. The van der Waals surface area contributed by atoms with E-state index in [1.807, 2.05) is 13.8 Å². The van der Waals surface area contributed by atoms with E-state index in [2.05, 4.69) is 5.32 Å². The van der Waals surface area contributed by atoms with E-state index in [0.717, 1.165) is 12.7 Å². The number of amides is 2. The molecule has 0 aliphatic rings. The number of carbonyl (C=O) groups excluding carboxylic acids is 2. The number of methoxy groups -OCH3 is 1. The molecule has 2 rings (SSSR count). The van der Waals surface area contributed by atoms with Gasteiger partial charge in [-0.25, -0.2) is 12.8 Å². The highest BCUT2D eigenvalue weighted by molar-refractivity contribution is 7.92. The van der Waals surface area contributed by atoms with Gasteiger partial charge in [0.2, 0.25) is 21.8 Å². The average Bonchev–Trinajstić information content (AvgIpc) is 2.85. The van der Waals surface area contributed by atoms with Gasteiger partial charge in [0.15, 0.2) is 0 Å². The maximum absolute atomic E-state index is 13.4. The van der Waals surface area contributed by atoms with E-state index in [4.69, 9.17) is 4.74 Å². The smallest absolute Gasteiger partial charge is 0.242 e. The SMILES string of the molecule is CCC(C)NC(=O)C(C)N(Cc1ccc(F)cc1)C(=O)CCCN(c1ccc(OC)cc1)S(C)(=O)=O. The molecule has 2 aromatic carbocycles. The summed E-state index contributed by atoms with van der Waals surface area (Å²) < 4.78 is 44.6. The van der Waals surface area contributed by atoms with Crippen LogP contribution in [0.1, 0.15) is 45.6 Å². The molecule has 0 saturated heterocycles. The maximum Gasteiger partial charge on any atom is 0.242 e. The van der Waals surface area contributed by atoms with Gasteiger partial charge in [-0.3, -0.25) is 13.9 Å². The highest BCUT2D eigenvalue weighted by Gasteiger charge is 2.27. The standard InChI is InChI=1S/C26H36FN3O5S/c1-6-19(2)28-26(32)20(3)29(18-21-9-11-22(27)12-10-21)25(31)8-7-17-30(36(5,33)34)23-13-15-24(35-4)16-14-23/h9-16,19-20H,6-8,17-18H2,1-5H3,(H,28,32). The van der Waals surface area contributed by atoms with Crippen molar-refractivity contribution >= 4 is 27.5 Å². The van der Waals surface area contributed by atoms with Gasteiger partial charge in [-0.2, -0.15) is 0 Å². The van der Waals surface area contributed by atoms with Crippen molar-refractivity contribution in [3.05, 3.63) is 59.9 Å². The largest absolute Gasteiger partial charge is 0.497 e. The second-order valence-electron chi connectivity index (χ2n) is 8.78. The summed E-state index contributed by atoms with van der Waals surface area (Å²) in [5.74, 6) is -0.368. The van der Waals surface area contributed by atoms with Crippen LogP contribution in [0, 0.1) is 5.82 Å². The van der Waals surface area contributed by atoms with Crippen LogP contribution in [0.15, 0.2) is 48.5 Å². The van der Waals surface area contributed by atoms with Crippen molar-refractivity contribution in [1.29, 1.82) is 0 Å². The van der Waals surface area contributed by atoms with Crippen molar-refractivity contribution in [3.63, 3.8) is 0 Å². The van der Waals surface area contributed by atoms with E-state index in [1.165, 1.54) is 28.4 Å². The Hall–Kier alpha value is -3.14. The number of sulfonamides is 1. The number of hydrogen-bond donors (Lipinski definition) is 1. The summed E-state index contributed by atoms with van der Waals surface area (Å²) in [6.45, 7) is 5.71. The molecule has 2 aromatic rings. The topological polar surface area (TPSA) is 96.0 Å². The Balaban J connectivity index is 2.16. The molecule has 1 N–H and O–H groups in total. The number of nitrogens with one attached hydrogen (secondary N) is 1. The van der Waals surface area contributed by atoms with Crippen LogP contribution in [0.2, 0.25) is 0 Å². The number of nitrogens with zero attached hydrogens (tertiary/aromatic N) is 2. The van der Waals surface area contributed by atoms with Gasteiger partial charge in [0.1, 0.15) is 17.6 Å². The zero-order valence-electron chi connectivity index (χ0n) is 21.5.